The summed E-state index contributed by atoms with van der Waals surface area (Å²) >= 11 is 6.33. The van der Waals surface area contributed by atoms with Gasteiger partial charge in [0.1, 0.15) is 5.76 Å². The van der Waals surface area contributed by atoms with E-state index in [9.17, 15) is 4.79 Å². The van der Waals surface area contributed by atoms with Crippen LogP contribution in [0.4, 0.5) is 0 Å². The van der Waals surface area contributed by atoms with E-state index in [0.717, 1.165) is 17.5 Å². The van der Waals surface area contributed by atoms with Gasteiger partial charge in [0.05, 0.1) is 12.7 Å². The highest BCUT2D eigenvalue weighted by molar-refractivity contribution is 6.20. The minimum absolute atomic E-state index is 0.0431. The Hall–Kier alpha value is -2.72. The number of halogens is 1. The van der Waals surface area contributed by atoms with Crippen molar-refractivity contribution in [2.75, 3.05) is 7.11 Å². The molecule has 4 nitrogen and oxygen atoms in total. The van der Waals surface area contributed by atoms with E-state index in [2.05, 4.69) is 0 Å². The van der Waals surface area contributed by atoms with Crippen molar-refractivity contribution in [1.29, 1.82) is 0 Å². The summed E-state index contributed by atoms with van der Waals surface area (Å²) in [5, 5.41) is -0.0431. The molecule has 0 aromatic heterocycles. The first kappa shape index (κ1) is 16.7. The Bertz CT molecular complexity index is 929. The molecule has 5 heteroatoms. The quantitative estimate of drug-likeness (QED) is 0.547. The van der Waals surface area contributed by atoms with Crippen molar-refractivity contribution in [3.8, 4) is 22.6 Å². The highest BCUT2D eigenvalue weighted by Crippen LogP contribution is 2.45. The van der Waals surface area contributed by atoms with Crippen LogP contribution < -0.4 is 9.47 Å². The molecule has 1 heterocycles. The van der Waals surface area contributed by atoms with Gasteiger partial charge >= 0.3 is 5.97 Å². The average molecular weight is 369 g/mol. The lowest BCUT2D eigenvalue weighted by Gasteiger charge is -2.24. The van der Waals surface area contributed by atoms with Crippen molar-refractivity contribution < 1.29 is 19.0 Å². The topological polar surface area (TPSA) is 44.8 Å². The summed E-state index contributed by atoms with van der Waals surface area (Å²) in [6, 6.07) is 12.9. The van der Waals surface area contributed by atoms with E-state index in [4.69, 9.17) is 25.8 Å². The number of rotatable bonds is 2. The molecule has 0 bridgehead atoms. The van der Waals surface area contributed by atoms with Gasteiger partial charge in [-0.05, 0) is 24.6 Å². The molecule has 1 aliphatic heterocycles. The average Bonchev–Trinajstić information content (AvgIpc) is 2.85. The number of carbonyl (C=O) groups excluding carboxylic acids is 1. The molecule has 26 heavy (non-hydrogen) atoms. The molecule has 2 aromatic rings. The molecule has 1 atom stereocenters. The lowest BCUT2D eigenvalue weighted by molar-refractivity contribution is 0.0601. The normalized spacial score (nSPS) is 18.2. The first-order chi connectivity index (χ1) is 12.7. The summed E-state index contributed by atoms with van der Waals surface area (Å²) in [6.07, 6.45) is 5.23. The number of methoxy groups -OCH3 is 1. The number of benzene rings is 2. The first-order valence-corrected chi connectivity index (χ1v) is 8.81. The lowest BCUT2D eigenvalue weighted by Crippen LogP contribution is -2.14. The largest absolute Gasteiger partial charge is 0.465 e. The predicted octanol–water partition coefficient (Wildman–Crippen LogP) is 5.08. The molecular weight excluding hydrogens is 352 g/mol. The van der Waals surface area contributed by atoms with E-state index < -0.39 is 5.97 Å². The van der Waals surface area contributed by atoms with Crippen LogP contribution in [0.2, 0.25) is 0 Å². The lowest BCUT2D eigenvalue weighted by atomic mass is 9.98. The molecule has 1 aliphatic carbocycles. The Morgan fingerprint density at radius 1 is 1.12 bits per heavy atom. The van der Waals surface area contributed by atoms with Gasteiger partial charge in [-0.15, -0.1) is 11.6 Å². The molecule has 0 fully saturated rings. The van der Waals surface area contributed by atoms with Crippen LogP contribution in [-0.2, 0) is 4.74 Å². The van der Waals surface area contributed by atoms with Crippen LogP contribution >= 0.6 is 11.6 Å². The summed E-state index contributed by atoms with van der Waals surface area (Å²) in [7, 11) is 1.37. The second kappa shape index (κ2) is 6.89. The fraction of sp³-hybridized carbons (Fsp3) is 0.190. The minimum Gasteiger partial charge on any atom is -0.465 e. The number of hydrogen-bond acceptors (Lipinski definition) is 4. The Morgan fingerprint density at radius 3 is 2.77 bits per heavy atom. The number of carbonyl (C=O) groups is 1. The third kappa shape index (κ3) is 2.97. The number of ether oxygens (including phenoxy) is 3. The number of allylic oxidation sites excluding steroid dienone is 3. The van der Waals surface area contributed by atoms with Crippen LogP contribution in [0.1, 0.15) is 23.2 Å². The van der Waals surface area contributed by atoms with E-state index in [1.807, 2.05) is 42.5 Å². The third-order valence-corrected chi connectivity index (χ3v) is 4.72. The fourth-order valence-corrected chi connectivity index (χ4v) is 3.39. The Balaban J connectivity index is 1.81. The van der Waals surface area contributed by atoms with Gasteiger partial charge in [0.15, 0.2) is 17.3 Å². The molecule has 1 unspecified atom stereocenters. The van der Waals surface area contributed by atoms with Crippen molar-refractivity contribution in [2.45, 2.75) is 18.2 Å². The zero-order valence-electron chi connectivity index (χ0n) is 14.2. The van der Waals surface area contributed by atoms with Crippen LogP contribution in [0.15, 0.2) is 66.1 Å². The van der Waals surface area contributed by atoms with Crippen molar-refractivity contribution in [2.24, 2.45) is 0 Å². The molecule has 4 rings (SSSR count). The summed E-state index contributed by atoms with van der Waals surface area (Å²) in [5.41, 5.74) is 1.98. The summed E-state index contributed by atoms with van der Waals surface area (Å²) in [5.74, 6) is 2.18. The van der Waals surface area contributed by atoms with E-state index in [-0.39, 0.29) is 5.38 Å². The Kier molecular flexibility index (Phi) is 4.43. The second-order valence-corrected chi connectivity index (χ2v) is 6.72. The van der Waals surface area contributed by atoms with Crippen LogP contribution in [0.3, 0.4) is 0 Å². The van der Waals surface area contributed by atoms with E-state index in [0.29, 0.717) is 35.0 Å². The molecule has 2 aromatic carbocycles. The van der Waals surface area contributed by atoms with E-state index in [1.165, 1.54) is 7.11 Å². The summed E-state index contributed by atoms with van der Waals surface area (Å²) in [4.78, 5) is 12.2. The van der Waals surface area contributed by atoms with Gasteiger partial charge in [0.25, 0.3) is 0 Å². The van der Waals surface area contributed by atoms with Crippen LogP contribution in [0.5, 0.6) is 11.5 Å². The second-order valence-electron chi connectivity index (χ2n) is 6.10. The van der Waals surface area contributed by atoms with Gasteiger partial charge in [-0.25, -0.2) is 4.79 Å². The smallest absolute Gasteiger partial charge is 0.338 e. The Labute approximate surface area is 156 Å². The van der Waals surface area contributed by atoms with Crippen molar-refractivity contribution in [1.82, 2.24) is 0 Å². The molecule has 0 amide bonds. The number of para-hydroxylation sites is 1. The summed E-state index contributed by atoms with van der Waals surface area (Å²) in [6.45, 7) is 0. The summed E-state index contributed by atoms with van der Waals surface area (Å²) < 4.78 is 17.2. The van der Waals surface area contributed by atoms with Gasteiger partial charge in [0.2, 0.25) is 0 Å². The van der Waals surface area contributed by atoms with E-state index >= 15 is 0 Å². The van der Waals surface area contributed by atoms with Crippen LogP contribution in [0, 0.1) is 0 Å². The molecular formula is C21H17ClO4. The van der Waals surface area contributed by atoms with Gasteiger partial charge in [-0.3, -0.25) is 0 Å². The van der Waals surface area contributed by atoms with Gasteiger partial charge in [0, 0.05) is 22.9 Å². The molecule has 2 aliphatic rings. The standard InChI is InChI=1S/C21H17ClO4/c1-24-21(23)16-8-3-2-7-14(16)15-9-5-11-18-20(15)26-19-12-13(22)6-4-10-17(19)25-18/h2-5,7-11,13H,6,12H2,1H3. The number of alkyl halides is 1. The highest BCUT2D eigenvalue weighted by Gasteiger charge is 2.27. The minimum atomic E-state index is -0.395. The van der Waals surface area contributed by atoms with Crippen molar-refractivity contribution >= 4 is 17.6 Å². The monoisotopic (exact) mass is 368 g/mol. The Morgan fingerprint density at radius 2 is 1.92 bits per heavy atom. The van der Waals surface area contributed by atoms with Crippen LogP contribution in [-0.4, -0.2) is 18.5 Å². The maximum atomic E-state index is 12.2. The third-order valence-electron chi connectivity index (χ3n) is 4.39. The molecule has 0 radical (unpaired) electrons. The molecule has 0 spiro atoms. The molecule has 0 N–H and O–H groups in total. The molecule has 132 valence electrons. The molecule has 0 saturated carbocycles. The zero-order valence-corrected chi connectivity index (χ0v) is 15.0. The highest BCUT2D eigenvalue weighted by atomic mass is 35.5. The van der Waals surface area contributed by atoms with Gasteiger partial charge < -0.3 is 14.2 Å². The maximum Gasteiger partial charge on any atom is 0.338 e. The van der Waals surface area contributed by atoms with Crippen LogP contribution in [0.25, 0.3) is 11.1 Å². The zero-order chi connectivity index (χ0) is 18.1. The van der Waals surface area contributed by atoms with Crippen molar-refractivity contribution in [3.05, 3.63) is 71.7 Å². The molecule has 0 saturated heterocycles. The number of fused-ring (bicyclic) bond motifs is 1. The van der Waals surface area contributed by atoms with Gasteiger partial charge in [-0.2, -0.15) is 0 Å². The number of hydrogen-bond donors (Lipinski definition) is 0. The predicted molar refractivity (Wildman–Crippen MR) is 99.5 cm³/mol. The number of esters is 1. The van der Waals surface area contributed by atoms with Crippen molar-refractivity contribution in [3.63, 3.8) is 0 Å². The fourth-order valence-electron chi connectivity index (χ4n) is 3.14. The maximum absolute atomic E-state index is 12.2. The van der Waals surface area contributed by atoms with E-state index in [1.54, 1.807) is 12.1 Å². The first-order valence-electron chi connectivity index (χ1n) is 8.37. The SMILES string of the molecule is COC(=O)c1ccccc1-c1cccc2c1OC1=C(C=CCC(Cl)C1)O2. The van der Waals surface area contributed by atoms with Gasteiger partial charge in [-0.1, -0.05) is 36.4 Å².